The largest absolute Gasteiger partial charge is 0.271 e. The first-order valence-electron chi connectivity index (χ1n) is 6.81. The number of nitrogens with zero attached hydrogens (tertiary/aromatic N) is 1. The topological polar surface area (TPSA) is 41.5 Å². The van der Waals surface area contributed by atoms with E-state index in [4.69, 9.17) is 0 Å². The summed E-state index contributed by atoms with van der Waals surface area (Å²) in [4.78, 5) is 11.7. The van der Waals surface area contributed by atoms with Gasteiger partial charge in [0.25, 0.3) is 5.91 Å². The van der Waals surface area contributed by atoms with Crippen molar-refractivity contribution in [3.8, 4) is 0 Å². The molecule has 1 aromatic carbocycles. The van der Waals surface area contributed by atoms with E-state index < -0.39 is 0 Å². The molecule has 1 amide bonds. The Labute approximate surface area is 111 Å². The van der Waals surface area contributed by atoms with Crippen molar-refractivity contribution >= 4 is 12.1 Å². The smallest absolute Gasteiger partial charge is 0.267 e. The van der Waals surface area contributed by atoms with E-state index in [0.717, 1.165) is 11.8 Å². The zero-order valence-electron chi connectivity index (χ0n) is 10.7. The minimum Gasteiger partial charge on any atom is -0.267 e. The third-order valence-electron chi connectivity index (χ3n) is 4.33. The van der Waals surface area contributed by atoms with Crippen LogP contribution in [0.1, 0.15) is 36.0 Å². The van der Waals surface area contributed by atoms with Gasteiger partial charge in [-0.2, -0.15) is 5.10 Å². The van der Waals surface area contributed by atoms with Gasteiger partial charge in [0.1, 0.15) is 5.82 Å². The summed E-state index contributed by atoms with van der Waals surface area (Å²) in [5.41, 5.74) is 2.94. The minimum atomic E-state index is -0.345. The summed E-state index contributed by atoms with van der Waals surface area (Å²) < 4.78 is 12.7. The van der Waals surface area contributed by atoms with Crippen LogP contribution in [-0.4, -0.2) is 12.1 Å². The van der Waals surface area contributed by atoms with Gasteiger partial charge >= 0.3 is 0 Å². The second kappa shape index (κ2) is 5.11. The molecule has 1 N–H and O–H groups in total. The van der Waals surface area contributed by atoms with E-state index in [-0.39, 0.29) is 11.7 Å². The number of hydrogen-bond donors (Lipinski definition) is 1. The fourth-order valence-corrected chi connectivity index (χ4v) is 3.33. The summed E-state index contributed by atoms with van der Waals surface area (Å²) in [5, 5.41) is 4.05. The first-order valence-corrected chi connectivity index (χ1v) is 6.81. The molecule has 0 aromatic heterocycles. The maximum Gasteiger partial charge on any atom is 0.271 e. The first-order chi connectivity index (χ1) is 9.22. The molecule has 3 nitrogen and oxygen atoms in total. The molecular formula is C15H17FN2O. The van der Waals surface area contributed by atoms with Crippen LogP contribution in [0.5, 0.6) is 0 Å². The number of hydrogen-bond acceptors (Lipinski definition) is 2. The van der Waals surface area contributed by atoms with Gasteiger partial charge < -0.3 is 0 Å². The number of benzene rings is 1. The Morgan fingerprint density at radius 2 is 2.05 bits per heavy atom. The van der Waals surface area contributed by atoms with Crippen LogP contribution in [0.25, 0.3) is 0 Å². The van der Waals surface area contributed by atoms with Crippen LogP contribution in [0.2, 0.25) is 0 Å². The number of hydrazone groups is 1. The maximum atomic E-state index is 12.7. The fourth-order valence-electron chi connectivity index (χ4n) is 3.33. The quantitative estimate of drug-likeness (QED) is 0.659. The number of fused-ring (bicyclic) bond motifs is 2. The van der Waals surface area contributed by atoms with E-state index in [0.29, 0.717) is 11.5 Å². The van der Waals surface area contributed by atoms with E-state index in [1.54, 1.807) is 0 Å². The lowest BCUT2D eigenvalue weighted by Gasteiger charge is -2.16. The van der Waals surface area contributed by atoms with Gasteiger partial charge in [0.05, 0.1) is 0 Å². The van der Waals surface area contributed by atoms with Gasteiger partial charge in [-0.1, -0.05) is 6.42 Å². The van der Waals surface area contributed by atoms with Crippen LogP contribution in [0.3, 0.4) is 0 Å². The Hall–Kier alpha value is -1.71. The average molecular weight is 260 g/mol. The van der Waals surface area contributed by atoms with Gasteiger partial charge in [0.2, 0.25) is 0 Å². The molecule has 3 atom stereocenters. The average Bonchev–Trinajstić information content (AvgIpc) is 3.02. The molecule has 0 aliphatic heterocycles. The normalized spacial score (nSPS) is 29.0. The zero-order valence-corrected chi connectivity index (χ0v) is 10.7. The molecule has 0 heterocycles. The second-order valence-electron chi connectivity index (χ2n) is 5.56. The van der Waals surface area contributed by atoms with Crippen LogP contribution in [0.15, 0.2) is 29.4 Å². The Kier molecular flexibility index (Phi) is 3.32. The fraction of sp³-hybridized carbons (Fsp3) is 0.467. The van der Waals surface area contributed by atoms with Gasteiger partial charge in [0.15, 0.2) is 0 Å². The monoisotopic (exact) mass is 260 g/mol. The molecule has 1 aromatic rings. The van der Waals surface area contributed by atoms with Crippen LogP contribution in [0, 0.1) is 23.6 Å². The van der Waals surface area contributed by atoms with Crippen LogP contribution >= 0.6 is 0 Å². The molecule has 0 radical (unpaired) electrons. The first kappa shape index (κ1) is 12.3. The van der Waals surface area contributed by atoms with Crippen molar-refractivity contribution < 1.29 is 9.18 Å². The molecule has 2 bridgehead atoms. The molecule has 2 saturated carbocycles. The molecular weight excluding hydrogens is 243 g/mol. The van der Waals surface area contributed by atoms with Crippen molar-refractivity contribution in [1.29, 1.82) is 0 Å². The molecule has 3 unspecified atom stereocenters. The van der Waals surface area contributed by atoms with Gasteiger partial charge in [0, 0.05) is 11.8 Å². The molecule has 0 spiro atoms. The maximum absolute atomic E-state index is 12.7. The lowest BCUT2D eigenvalue weighted by molar-refractivity contribution is 0.0955. The molecule has 3 rings (SSSR count). The number of rotatable bonds is 3. The van der Waals surface area contributed by atoms with Crippen molar-refractivity contribution in [3.63, 3.8) is 0 Å². The third-order valence-corrected chi connectivity index (χ3v) is 4.33. The van der Waals surface area contributed by atoms with Crippen LogP contribution in [-0.2, 0) is 0 Å². The van der Waals surface area contributed by atoms with Gasteiger partial charge in [-0.05, 0) is 61.3 Å². The van der Waals surface area contributed by atoms with Crippen LogP contribution in [0.4, 0.5) is 4.39 Å². The van der Waals surface area contributed by atoms with E-state index in [9.17, 15) is 9.18 Å². The van der Waals surface area contributed by atoms with Gasteiger partial charge in [-0.15, -0.1) is 0 Å². The van der Waals surface area contributed by atoms with Gasteiger partial charge in [-0.3, -0.25) is 4.79 Å². The molecule has 100 valence electrons. The standard InChI is InChI=1S/C15H17FN2O/c16-14-5-3-11(4-6-14)15(19)18-17-9-13-8-10-1-2-12(13)7-10/h3-6,9-10,12-13H,1-2,7-8H2,(H,18,19). The molecule has 2 aliphatic rings. The van der Waals surface area contributed by atoms with Crippen molar-refractivity contribution in [2.24, 2.45) is 22.9 Å². The number of halogens is 1. The molecule has 2 fully saturated rings. The Balaban J connectivity index is 1.54. The molecule has 0 saturated heterocycles. The summed E-state index contributed by atoms with van der Waals surface area (Å²) in [7, 11) is 0. The summed E-state index contributed by atoms with van der Waals surface area (Å²) in [5.74, 6) is 1.51. The molecule has 19 heavy (non-hydrogen) atoms. The lowest BCUT2D eigenvalue weighted by Crippen LogP contribution is -2.20. The number of amides is 1. The third kappa shape index (κ3) is 2.67. The summed E-state index contributed by atoms with van der Waals surface area (Å²) in [6, 6.07) is 5.46. The summed E-state index contributed by atoms with van der Waals surface area (Å²) in [6.07, 6.45) is 7.07. The van der Waals surface area contributed by atoms with Crippen molar-refractivity contribution in [1.82, 2.24) is 5.43 Å². The number of carbonyl (C=O) groups is 1. The Morgan fingerprint density at radius 3 is 2.68 bits per heavy atom. The molecule has 4 heteroatoms. The van der Waals surface area contributed by atoms with E-state index >= 15 is 0 Å². The predicted octanol–water partition coefficient (Wildman–Crippen LogP) is 2.98. The highest BCUT2D eigenvalue weighted by Gasteiger charge is 2.38. The highest BCUT2D eigenvalue weighted by molar-refractivity contribution is 5.94. The highest BCUT2D eigenvalue weighted by atomic mass is 19.1. The number of carbonyl (C=O) groups excluding carboxylic acids is 1. The SMILES string of the molecule is O=C(NN=CC1CC2CCC1C2)c1ccc(F)cc1. The predicted molar refractivity (Wildman–Crippen MR) is 71.3 cm³/mol. The van der Waals surface area contributed by atoms with Crippen molar-refractivity contribution in [2.75, 3.05) is 0 Å². The molecule has 2 aliphatic carbocycles. The van der Waals surface area contributed by atoms with E-state index in [2.05, 4.69) is 10.5 Å². The second-order valence-corrected chi connectivity index (χ2v) is 5.56. The lowest BCUT2D eigenvalue weighted by atomic mass is 9.90. The highest BCUT2D eigenvalue weighted by Crippen LogP contribution is 2.47. The zero-order chi connectivity index (χ0) is 13.2. The van der Waals surface area contributed by atoms with Gasteiger partial charge in [-0.25, -0.2) is 9.82 Å². The Bertz CT molecular complexity index is 497. The van der Waals surface area contributed by atoms with Crippen molar-refractivity contribution in [3.05, 3.63) is 35.6 Å². The Morgan fingerprint density at radius 1 is 1.26 bits per heavy atom. The number of nitrogens with one attached hydrogen (secondary N) is 1. The van der Waals surface area contributed by atoms with Crippen molar-refractivity contribution in [2.45, 2.75) is 25.7 Å². The van der Waals surface area contributed by atoms with E-state index in [1.165, 1.54) is 49.9 Å². The minimum absolute atomic E-state index is 0.292. The summed E-state index contributed by atoms with van der Waals surface area (Å²) >= 11 is 0. The van der Waals surface area contributed by atoms with Crippen LogP contribution < -0.4 is 5.43 Å². The summed E-state index contributed by atoms with van der Waals surface area (Å²) in [6.45, 7) is 0. The van der Waals surface area contributed by atoms with E-state index in [1.807, 2.05) is 6.21 Å².